The van der Waals surface area contributed by atoms with Crippen molar-refractivity contribution in [1.82, 2.24) is 0 Å². The highest BCUT2D eigenvalue weighted by atomic mass is 16.7. The van der Waals surface area contributed by atoms with Gasteiger partial charge in [-0.3, -0.25) is 20.2 Å². The van der Waals surface area contributed by atoms with Crippen LogP contribution in [0.2, 0.25) is 0 Å². The van der Waals surface area contributed by atoms with Gasteiger partial charge >= 0.3 is 5.66 Å². The van der Waals surface area contributed by atoms with Gasteiger partial charge in [0.05, 0.1) is 22.7 Å². The smallest absolute Gasteiger partial charge is 0.303 e. The van der Waals surface area contributed by atoms with Gasteiger partial charge in [0.15, 0.2) is 0 Å². The van der Waals surface area contributed by atoms with Gasteiger partial charge in [-0.2, -0.15) is 0 Å². The molecule has 0 amide bonds. The van der Waals surface area contributed by atoms with Crippen molar-refractivity contribution in [3.8, 4) is 0 Å². The number of nitro groups is 2. The van der Waals surface area contributed by atoms with E-state index in [1.165, 1.54) is 0 Å². The normalized spacial score (nSPS) is 10.7. The Morgan fingerprint density at radius 2 is 1.27 bits per heavy atom. The molecule has 0 aromatic carbocycles. The number of rotatable bonds is 8. The third-order valence-electron chi connectivity index (χ3n) is 2.00. The van der Waals surface area contributed by atoms with E-state index in [4.69, 9.17) is 0 Å². The molecule has 0 aliphatic rings. The molecule has 0 aliphatic heterocycles. The quantitative estimate of drug-likeness (QED) is 0.248. The summed E-state index contributed by atoms with van der Waals surface area (Å²) in [5.41, 5.74) is -2.41. The second-order valence-corrected chi connectivity index (χ2v) is 2.91. The van der Waals surface area contributed by atoms with Gasteiger partial charge in [-0.25, -0.2) is 0 Å². The first kappa shape index (κ1) is 13.1. The van der Waals surface area contributed by atoms with Crippen molar-refractivity contribution in [2.45, 2.75) is 31.3 Å². The summed E-state index contributed by atoms with van der Waals surface area (Å²) < 4.78 is 0. The Hall–Kier alpha value is -1.86. The van der Waals surface area contributed by atoms with Crippen LogP contribution < -0.4 is 0 Å². The first-order valence-corrected chi connectivity index (χ1v) is 4.17. The van der Waals surface area contributed by atoms with Crippen molar-refractivity contribution in [3.05, 3.63) is 20.2 Å². The predicted octanol–water partition coefficient (Wildman–Crippen LogP) is 0.194. The molecule has 8 heteroatoms. The molecule has 0 bridgehead atoms. The summed E-state index contributed by atoms with van der Waals surface area (Å²) >= 11 is 0. The van der Waals surface area contributed by atoms with Crippen LogP contribution in [0.4, 0.5) is 0 Å². The van der Waals surface area contributed by atoms with Crippen molar-refractivity contribution >= 4 is 12.6 Å². The highest BCUT2D eigenvalue weighted by Crippen LogP contribution is 2.23. The predicted molar refractivity (Wildman–Crippen MR) is 47.3 cm³/mol. The summed E-state index contributed by atoms with van der Waals surface area (Å²) in [6.07, 6.45) is -0.790. The molecule has 0 atom stereocenters. The average molecular weight is 218 g/mol. The molecule has 0 N–H and O–H groups in total. The van der Waals surface area contributed by atoms with E-state index in [1.807, 2.05) is 0 Å². The summed E-state index contributed by atoms with van der Waals surface area (Å²) in [5.74, 6) is 0. The van der Waals surface area contributed by atoms with E-state index in [2.05, 4.69) is 0 Å². The van der Waals surface area contributed by atoms with E-state index in [-0.39, 0.29) is 12.8 Å². The topological polar surface area (TPSA) is 120 Å². The van der Waals surface area contributed by atoms with Crippen molar-refractivity contribution in [2.24, 2.45) is 0 Å². The van der Waals surface area contributed by atoms with Crippen LogP contribution in [0.5, 0.6) is 0 Å². The Kier molecular flexibility index (Phi) is 5.07. The molecule has 0 spiro atoms. The first-order valence-electron chi connectivity index (χ1n) is 4.17. The van der Waals surface area contributed by atoms with E-state index in [9.17, 15) is 29.8 Å². The Balaban J connectivity index is 4.88. The molecule has 8 nitrogen and oxygen atoms in total. The van der Waals surface area contributed by atoms with Crippen molar-refractivity contribution in [2.75, 3.05) is 0 Å². The molecule has 0 aliphatic carbocycles. The molecular weight excluding hydrogens is 208 g/mol. The van der Waals surface area contributed by atoms with Gasteiger partial charge in [-0.05, 0) is 0 Å². The molecule has 0 unspecified atom stereocenters. The maximum absolute atomic E-state index is 10.6. The molecule has 15 heavy (non-hydrogen) atoms. The van der Waals surface area contributed by atoms with Crippen LogP contribution in [0.25, 0.3) is 0 Å². The Bertz CT molecular complexity index is 249. The fourth-order valence-corrected chi connectivity index (χ4v) is 1.14. The standard InChI is InChI=1S/C7H10N2O6/c10-5-1-3-7(8(12)13,9(14)15)4-2-6-11/h5-6H,1-4H2. The minimum atomic E-state index is -2.41. The zero-order valence-electron chi connectivity index (χ0n) is 7.83. The molecule has 0 aromatic rings. The monoisotopic (exact) mass is 218 g/mol. The third kappa shape index (κ3) is 3.08. The molecule has 0 saturated carbocycles. The van der Waals surface area contributed by atoms with Crippen LogP contribution in [0, 0.1) is 20.2 Å². The maximum atomic E-state index is 10.6. The number of carbonyl (C=O) groups excluding carboxylic acids is 2. The largest absolute Gasteiger partial charge is 0.459 e. The molecule has 0 rings (SSSR count). The highest BCUT2D eigenvalue weighted by Gasteiger charge is 2.54. The molecule has 0 saturated heterocycles. The van der Waals surface area contributed by atoms with Gasteiger partial charge < -0.3 is 9.59 Å². The Morgan fingerprint density at radius 1 is 0.933 bits per heavy atom. The molecule has 0 fully saturated rings. The van der Waals surface area contributed by atoms with Gasteiger partial charge in [0.1, 0.15) is 12.6 Å². The van der Waals surface area contributed by atoms with Crippen LogP contribution in [-0.2, 0) is 9.59 Å². The van der Waals surface area contributed by atoms with Gasteiger partial charge in [0.2, 0.25) is 0 Å². The van der Waals surface area contributed by atoms with Gasteiger partial charge in [-0.1, -0.05) is 0 Å². The van der Waals surface area contributed by atoms with Crippen LogP contribution >= 0.6 is 0 Å². The van der Waals surface area contributed by atoms with E-state index >= 15 is 0 Å². The fourth-order valence-electron chi connectivity index (χ4n) is 1.14. The zero-order valence-corrected chi connectivity index (χ0v) is 7.83. The van der Waals surface area contributed by atoms with E-state index < -0.39 is 28.4 Å². The van der Waals surface area contributed by atoms with Crippen LogP contribution in [-0.4, -0.2) is 28.1 Å². The first-order chi connectivity index (χ1) is 7.01. The zero-order chi connectivity index (χ0) is 11.9. The van der Waals surface area contributed by atoms with Crippen LogP contribution in [0.3, 0.4) is 0 Å². The minimum absolute atomic E-state index is 0.277. The molecule has 0 heterocycles. The van der Waals surface area contributed by atoms with Gasteiger partial charge in [-0.15, -0.1) is 0 Å². The Morgan fingerprint density at radius 3 is 1.47 bits per heavy atom. The minimum Gasteiger partial charge on any atom is -0.303 e. The van der Waals surface area contributed by atoms with E-state index in [1.54, 1.807) is 0 Å². The second kappa shape index (κ2) is 5.78. The van der Waals surface area contributed by atoms with E-state index in [0.717, 1.165) is 0 Å². The summed E-state index contributed by atoms with van der Waals surface area (Å²) in [4.78, 5) is 39.2. The number of aldehydes is 2. The van der Waals surface area contributed by atoms with Crippen molar-refractivity contribution < 1.29 is 19.4 Å². The van der Waals surface area contributed by atoms with Crippen LogP contribution in [0.15, 0.2) is 0 Å². The Labute approximate surface area is 84.6 Å². The van der Waals surface area contributed by atoms with Crippen LogP contribution in [0.1, 0.15) is 25.7 Å². The maximum Gasteiger partial charge on any atom is 0.459 e. The molecule has 0 aromatic heterocycles. The fraction of sp³-hybridized carbons (Fsp3) is 0.714. The lowest BCUT2D eigenvalue weighted by molar-refractivity contribution is -0.798. The van der Waals surface area contributed by atoms with Gasteiger partial charge in [0, 0.05) is 12.8 Å². The average Bonchev–Trinajstić information content (AvgIpc) is 2.17. The second-order valence-electron chi connectivity index (χ2n) is 2.91. The summed E-state index contributed by atoms with van der Waals surface area (Å²) in [5, 5.41) is 21.2. The number of nitrogens with zero attached hydrogens (tertiary/aromatic N) is 2. The number of carbonyl (C=O) groups is 2. The molecule has 0 radical (unpaired) electrons. The summed E-state index contributed by atoms with van der Waals surface area (Å²) in [7, 11) is 0. The summed E-state index contributed by atoms with van der Waals surface area (Å²) in [6.45, 7) is 0. The lowest BCUT2D eigenvalue weighted by Gasteiger charge is -2.14. The highest BCUT2D eigenvalue weighted by molar-refractivity contribution is 5.50. The lowest BCUT2D eigenvalue weighted by Crippen LogP contribution is -2.46. The molecule has 84 valence electrons. The van der Waals surface area contributed by atoms with Crippen molar-refractivity contribution in [1.29, 1.82) is 0 Å². The van der Waals surface area contributed by atoms with Gasteiger partial charge in [0.25, 0.3) is 0 Å². The number of hydrogen-bond donors (Lipinski definition) is 0. The third-order valence-corrected chi connectivity index (χ3v) is 2.00. The lowest BCUT2D eigenvalue weighted by atomic mass is 10.00. The summed E-state index contributed by atoms with van der Waals surface area (Å²) in [6, 6.07) is 0. The van der Waals surface area contributed by atoms with E-state index in [0.29, 0.717) is 12.6 Å². The van der Waals surface area contributed by atoms with Crippen molar-refractivity contribution in [3.63, 3.8) is 0 Å². The molecular formula is C7H10N2O6. The number of hydrogen-bond acceptors (Lipinski definition) is 6. The SMILES string of the molecule is O=CCCC(CCC=O)([N+](=O)[O-])[N+](=O)[O-].